The molecule has 0 saturated heterocycles. The summed E-state index contributed by atoms with van der Waals surface area (Å²) in [5.41, 5.74) is 11.9. The number of aromatic nitrogens is 2. The van der Waals surface area contributed by atoms with Crippen molar-refractivity contribution < 1.29 is 4.74 Å². The first-order valence-electron chi connectivity index (χ1n) is 7.40. The number of ether oxygens (including phenoxy) is 1. The van der Waals surface area contributed by atoms with E-state index in [1.54, 1.807) is 7.11 Å². The lowest BCUT2D eigenvalue weighted by Crippen LogP contribution is -2.13. The van der Waals surface area contributed by atoms with Crippen molar-refractivity contribution in [2.75, 3.05) is 7.11 Å². The Morgan fingerprint density at radius 1 is 1.26 bits per heavy atom. The number of nitrogens with two attached hydrogens (primary N) is 1. The van der Waals surface area contributed by atoms with Crippen molar-refractivity contribution in [2.45, 2.75) is 20.3 Å². The standard InChI is InChI=1S/C18H19N3OS/c1-11-4-7-17-20-18(14(9-16(19)23)21(17)10-11)13-5-6-15(22-3)12(2)8-13/h4-8,10H,9H2,1-3H3,(H2,19,23). The number of methoxy groups -OCH3 is 1. The maximum atomic E-state index is 5.81. The second-order valence-corrected chi connectivity index (χ2v) is 6.19. The third-order valence-corrected chi connectivity index (χ3v) is 4.02. The number of imidazole rings is 1. The summed E-state index contributed by atoms with van der Waals surface area (Å²) in [5, 5.41) is 0. The van der Waals surface area contributed by atoms with Gasteiger partial charge in [0.2, 0.25) is 0 Å². The third-order valence-electron chi connectivity index (χ3n) is 3.88. The number of nitrogens with zero attached hydrogens (tertiary/aromatic N) is 2. The average molecular weight is 325 g/mol. The summed E-state index contributed by atoms with van der Waals surface area (Å²) >= 11 is 5.13. The van der Waals surface area contributed by atoms with Gasteiger partial charge in [-0.1, -0.05) is 18.3 Å². The summed E-state index contributed by atoms with van der Waals surface area (Å²) in [5.74, 6) is 0.865. The molecule has 0 radical (unpaired) electrons. The first-order chi connectivity index (χ1) is 11.0. The van der Waals surface area contributed by atoms with Crippen LogP contribution in [-0.4, -0.2) is 21.5 Å². The molecule has 0 aliphatic rings. The summed E-state index contributed by atoms with van der Waals surface area (Å²) < 4.78 is 7.41. The van der Waals surface area contributed by atoms with Crippen LogP contribution in [0.1, 0.15) is 16.8 Å². The number of aryl methyl sites for hydroxylation is 2. The van der Waals surface area contributed by atoms with E-state index in [0.29, 0.717) is 11.4 Å². The molecule has 0 aliphatic heterocycles. The Hall–Kier alpha value is -2.40. The Morgan fingerprint density at radius 2 is 2.04 bits per heavy atom. The smallest absolute Gasteiger partial charge is 0.137 e. The van der Waals surface area contributed by atoms with Crippen molar-refractivity contribution in [1.29, 1.82) is 0 Å². The van der Waals surface area contributed by atoms with Crippen molar-refractivity contribution in [3.8, 4) is 17.0 Å². The number of pyridine rings is 1. The predicted molar refractivity (Wildman–Crippen MR) is 97.1 cm³/mol. The van der Waals surface area contributed by atoms with E-state index < -0.39 is 0 Å². The third kappa shape index (κ3) is 2.92. The van der Waals surface area contributed by atoms with Crippen molar-refractivity contribution in [3.63, 3.8) is 0 Å². The van der Waals surface area contributed by atoms with Crippen LogP contribution in [0.4, 0.5) is 0 Å². The SMILES string of the molecule is COc1ccc(-c2nc3ccc(C)cn3c2CC(N)=S)cc1C. The molecule has 0 fully saturated rings. The van der Waals surface area contributed by atoms with Crippen LogP contribution in [0.2, 0.25) is 0 Å². The van der Waals surface area contributed by atoms with Crippen LogP contribution in [0.5, 0.6) is 5.75 Å². The molecule has 118 valence electrons. The maximum Gasteiger partial charge on any atom is 0.137 e. The van der Waals surface area contributed by atoms with Crippen LogP contribution in [0, 0.1) is 13.8 Å². The molecule has 0 bridgehead atoms. The van der Waals surface area contributed by atoms with E-state index in [9.17, 15) is 0 Å². The zero-order chi connectivity index (χ0) is 16.6. The number of hydrogen-bond donors (Lipinski definition) is 1. The Balaban J connectivity index is 2.23. The molecule has 23 heavy (non-hydrogen) atoms. The van der Waals surface area contributed by atoms with Crippen molar-refractivity contribution in [2.24, 2.45) is 5.73 Å². The molecule has 2 N–H and O–H groups in total. The predicted octanol–water partition coefficient (Wildman–Crippen LogP) is 3.46. The van der Waals surface area contributed by atoms with Crippen molar-refractivity contribution >= 4 is 22.9 Å². The minimum atomic E-state index is 0.458. The van der Waals surface area contributed by atoms with Gasteiger partial charge < -0.3 is 14.9 Å². The summed E-state index contributed by atoms with van der Waals surface area (Å²) in [6.07, 6.45) is 2.58. The topological polar surface area (TPSA) is 52.5 Å². The quantitative estimate of drug-likeness (QED) is 0.747. The summed E-state index contributed by atoms with van der Waals surface area (Å²) in [4.78, 5) is 5.24. The molecule has 0 amide bonds. The van der Waals surface area contributed by atoms with Gasteiger partial charge in [0, 0.05) is 18.2 Å². The van der Waals surface area contributed by atoms with Gasteiger partial charge in [0.15, 0.2) is 0 Å². The van der Waals surface area contributed by atoms with Gasteiger partial charge in [0.05, 0.1) is 23.5 Å². The number of benzene rings is 1. The van der Waals surface area contributed by atoms with E-state index in [4.69, 9.17) is 27.7 Å². The summed E-state index contributed by atoms with van der Waals surface area (Å²) in [6.45, 7) is 4.08. The Bertz CT molecular complexity index is 899. The summed E-state index contributed by atoms with van der Waals surface area (Å²) in [6, 6.07) is 10.1. The molecular formula is C18H19N3OS. The fourth-order valence-electron chi connectivity index (χ4n) is 2.79. The molecule has 0 spiro atoms. The lowest BCUT2D eigenvalue weighted by molar-refractivity contribution is 0.412. The van der Waals surface area contributed by atoms with Gasteiger partial charge in [-0.05, 0) is 49.2 Å². The number of fused-ring (bicyclic) bond motifs is 1. The lowest BCUT2D eigenvalue weighted by Gasteiger charge is -2.08. The van der Waals surface area contributed by atoms with Crippen LogP contribution in [-0.2, 0) is 6.42 Å². The first kappa shape index (κ1) is 15.5. The molecule has 4 nitrogen and oxygen atoms in total. The Labute approximate surface area is 140 Å². The first-order valence-corrected chi connectivity index (χ1v) is 7.81. The number of hydrogen-bond acceptors (Lipinski definition) is 3. The van der Waals surface area contributed by atoms with Gasteiger partial charge >= 0.3 is 0 Å². The fraction of sp³-hybridized carbons (Fsp3) is 0.222. The molecule has 5 heteroatoms. The molecule has 2 aromatic heterocycles. The molecule has 1 aromatic carbocycles. The van der Waals surface area contributed by atoms with Gasteiger partial charge in [0.1, 0.15) is 11.4 Å². The van der Waals surface area contributed by atoms with E-state index in [2.05, 4.69) is 29.7 Å². The molecule has 3 rings (SSSR count). The second kappa shape index (κ2) is 6.01. The monoisotopic (exact) mass is 325 g/mol. The fourth-order valence-corrected chi connectivity index (χ4v) is 2.93. The minimum absolute atomic E-state index is 0.458. The van der Waals surface area contributed by atoms with E-state index in [1.165, 1.54) is 0 Å². The number of thiocarbonyl (C=S) groups is 1. The molecular weight excluding hydrogens is 306 g/mol. The van der Waals surface area contributed by atoms with Crippen LogP contribution in [0.25, 0.3) is 16.9 Å². The highest BCUT2D eigenvalue weighted by molar-refractivity contribution is 7.80. The van der Waals surface area contributed by atoms with Crippen LogP contribution in [0.3, 0.4) is 0 Å². The zero-order valence-corrected chi connectivity index (χ0v) is 14.3. The normalized spacial score (nSPS) is 10.9. The highest BCUT2D eigenvalue weighted by Crippen LogP contribution is 2.29. The lowest BCUT2D eigenvalue weighted by atomic mass is 10.1. The molecule has 0 unspecified atom stereocenters. The molecule has 0 atom stereocenters. The minimum Gasteiger partial charge on any atom is -0.496 e. The van der Waals surface area contributed by atoms with Crippen LogP contribution in [0.15, 0.2) is 36.5 Å². The highest BCUT2D eigenvalue weighted by atomic mass is 32.1. The van der Waals surface area contributed by atoms with E-state index in [0.717, 1.165) is 39.5 Å². The van der Waals surface area contributed by atoms with Gasteiger partial charge in [-0.2, -0.15) is 0 Å². The van der Waals surface area contributed by atoms with Gasteiger partial charge in [0.25, 0.3) is 0 Å². The number of rotatable bonds is 4. The van der Waals surface area contributed by atoms with Gasteiger partial charge in [-0.25, -0.2) is 4.98 Å². The van der Waals surface area contributed by atoms with E-state index >= 15 is 0 Å². The largest absolute Gasteiger partial charge is 0.496 e. The highest BCUT2D eigenvalue weighted by Gasteiger charge is 2.15. The van der Waals surface area contributed by atoms with E-state index in [-0.39, 0.29) is 0 Å². The second-order valence-electron chi connectivity index (χ2n) is 5.67. The van der Waals surface area contributed by atoms with Crippen molar-refractivity contribution in [1.82, 2.24) is 9.38 Å². The molecule has 3 aromatic rings. The van der Waals surface area contributed by atoms with Crippen LogP contribution >= 0.6 is 12.2 Å². The average Bonchev–Trinajstić information content (AvgIpc) is 2.84. The van der Waals surface area contributed by atoms with E-state index in [1.807, 2.05) is 25.1 Å². The van der Waals surface area contributed by atoms with Crippen LogP contribution < -0.4 is 10.5 Å². The Morgan fingerprint density at radius 3 is 2.70 bits per heavy atom. The Kier molecular flexibility index (Phi) is 4.05. The molecule has 2 heterocycles. The maximum absolute atomic E-state index is 5.81. The molecule has 0 saturated carbocycles. The van der Waals surface area contributed by atoms with Gasteiger partial charge in [-0.3, -0.25) is 0 Å². The summed E-state index contributed by atoms with van der Waals surface area (Å²) in [7, 11) is 1.67. The van der Waals surface area contributed by atoms with Crippen molar-refractivity contribution in [3.05, 3.63) is 53.3 Å². The van der Waals surface area contributed by atoms with Gasteiger partial charge in [-0.15, -0.1) is 0 Å². The zero-order valence-electron chi connectivity index (χ0n) is 13.5. The molecule has 0 aliphatic carbocycles.